The number of aryl methyl sites for hydroxylation is 1. The molecule has 0 aliphatic heterocycles. The van der Waals surface area contributed by atoms with Crippen LogP contribution >= 0.6 is 0 Å². The molecule has 2 N–H and O–H groups in total. The minimum absolute atomic E-state index is 0.0571. The predicted octanol–water partition coefficient (Wildman–Crippen LogP) is 1.79. The van der Waals surface area contributed by atoms with E-state index in [1.165, 1.54) is 7.11 Å². The number of esters is 1. The second kappa shape index (κ2) is 6.21. The Morgan fingerprint density at radius 1 is 1.53 bits per heavy atom. The van der Waals surface area contributed by atoms with Crippen molar-refractivity contribution in [2.45, 2.75) is 27.3 Å². The van der Waals surface area contributed by atoms with Gasteiger partial charge in [-0.1, -0.05) is 13.8 Å². The molecule has 0 aliphatic rings. The van der Waals surface area contributed by atoms with E-state index < -0.39 is 0 Å². The number of ether oxygens (including phenoxy) is 1. The Bertz CT molecular complexity index is 438. The minimum Gasteiger partial charge on any atom is -0.465 e. The molecule has 1 heterocycles. The Morgan fingerprint density at radius 2 is 2.16 bits per heavy atom. The summed E-state index contributed by atoms with van der Waals surface area (Å²) in [4.78, 5) is 13.6. The summed E-state index contributed by atoms with van der Waals surface area (Å²) < 4.78 is 10.3. The number of carbonyl (C=O) groups is 1. The molecular weight excluding hydrogens is 244 g/mol. The van der Waals surface area contributed by atoms with Crippen molar-refractivity contribution in [2.75, 3.05) is 27.2 Å². The third-order valence-corrected chi connectivity index (χ3v) is 3.05. The van der Waals surface area contributed by atoms with Crippen molar-refractivity contribution in [3.8, 4) is 0 Å². The van der Waals surface area contributed by atoms with Crippen LogP contribution in [0.15, 0.2) is 10.5 Å². The van der Waals surface area contributed by atoms with Gasteiger partial charge in [0.15, 0.2) is 0 Å². The third kappa shape index (κ3) is 4.36. The molecule has 0 aromatic carbocycles. The number of nitrogens with zero attached hydrogens (tertiary/aromatic N) is 1. The molecular formula is C14H24N2O3. The first kappa shape index (κ1) is 15.7. The lowest BCUT2D eigenvalue weighted by atomic mass is 9.93. The van der Waals surface area contributed by atoms with Crippen LogP contribution in [0, 0.1) is 12.3 Å². The summed E-state index contributed by atoms with van der Waals surface area (Å²) >= 11 is 0. The Morgan fingerprint density at radius 3 is 2.68 bits per heavy atom. The van der Waals surface area contributed by atoms with Crippen LogP contribution < -0.4 is 5.73 Å². The summed E-state index contributed by atoms with van der Waals surface area (Å²) in [6, 6.07) is 1.74. The van der Waals surface area contributed by atoms with Gasteiger partial charge in [0.05, 0.1) is 13.7 Å². The fourth-order valence-electron chi connectivity index (χ4n) is 2.05. The lowest BCUT2D eigenvalue weighted by molar-refractivity contribution is 0.0599. The normalized spacial score (nSPS) is 11.9. The lowest BCUT2D eigenvalue weighted by Gasteiger charge is -2.28. The molecule has 1 rings (SSSR count). The number of hydrogen-bond acceptors (Lipinski definition) is 5. The van der Waals surface area contributed by atoms with Gasteiger partial charge in [0.2, 0.25) is 0 Å². The maximum absolute atomic E-state index is 11.5. The molecule has 108 valence electrons. The average Bonchev–Trinajstić information content (AvgIpc) is 2.68. The first-order valence-corrected chi connectivity index (χ1v) is 6.35. The van der Waals surface area contributed by atoms with Gasteiger partial charge in [-0.3, -0.25) is 4.90 Å². The Hall–Kier alpha value is -1.33. The quantitative estimate of drug-likeness (QED) is 0.797. The molecule has 0 spiro atoms. The van der Waals surface area contributed by atoms with Gasteiger partial charge in [-0.15, -0.1) is 0 Å². The topological polar surface area (TPSA) is 68.7 Å². The zero-order valence-electron chi connectivity index (χ0n) is 12.4. The van der Waals surface area contributed by atoms with E-state index in [0.717, 1.165) is 12.3 Å². The van der Waals surface area contributed by atoms with E-state index in [2.05, 4.69) is 18.7 Å². The van der Waals surface area contributed by atoms with Gasteiger partial charge in [0.25, 0.3) is 0 Å². The zero-order valence-corrected chi connectivity index (χ0v) is 12.4. The van der Waals surface area contributed by atoms with Gasteiger partial charge in [-0.05, 0) is 32.0 Å². The second-order valence-electron chi connectivity index (χ2n) is 5.71. The van der Waals surface area contributed by atoms with Crippen molar-refractivity contribution < 1.29 is 13.9 Å². The average molecular weight is 268 g/mol. The second-order valence-corrected chi connectivity index (χ2v) is 5.71. The van der Waals surface area contributed by atoms with E-state index in [0.29, 0.717) is 24.4 Å². The monoisotopic (exact) mass is 268 g/mol. The minimum atomic E-state index is -0.363. The van der Waals surface area contributed by atoms with Gasteiger partial charge in [0.1, 0.15) is 17.1 Å². The van der Waals surface area contributed by atoms with E-state index in [1.54, 1.807) is 13.0 Å². The fraction of sp³-hybridized carbons (Fsp3) is 0.643. The molecule has 0 radical (unpaired) electrons. The molecule has 0 unspecified atom stereocenters. The molecule has 0 atom stereocenters. The summed E-state index contributed by atoms with van der Waals surface area (Å²) in [6.07, 6.45) is 0. The highest BCUT2D eigenvalue weighted by molar-refractivity contribution is 5.90. The standard InChI is InChI=1S/C14H24N2O3/c1-10-12(13(17)18-5)6-11(19-10)7-16(4)9-14(2,3)8-15/h6H,7-9,15H2,1-5H3. The Labute approximate surface area is 114 Å². The van der Waals surface area contributed by atoms with Gasteiger partial charge in [-0.25, -0.2) is 4.79 Å². The van der Waals surface area contributed by atoms with E-state index in [-0.39, 0.29) is 11.4 Å². The Balaban J connectivity index is 2.70. The van der Waals surface area contributed by atoms with Crippen LogP contribution in [0.5, 0.6) is 0 Å². The van der Waals surface area contributed by atoms with E-state index in [4.69, 9.17) is 14.9 Å². The van der Waals surface area contributed by atoms with Gasteiger partial charge in [0, 0.05) is 6.54 Å². The largest absolute Gasteiger partial charge is 0.465 e. The zero-order chi connectivity index (χ0) is 14.6. The molecule has 0 saturated carbocycles. The molecule has 1 aromatic rings. The van der Waals surface area contributed by atoms with E-state index >= 15 is 0 Å². The van der Waals surface area contributed by atoms with Crippen LogP contribution in [0.2, 0.25) is 0 Å². The summed E-state index contributed by atoms with van der Waals surface area (Å²) in [5.74, 6) is 0.985. The predicted molar refractivity (Wildman–Crippen MR) is 74.0 cm³/mol. The molecule has 0 aliphatic carbocycles. The number of rotatable bonds is 6. The van der Waals surface area contributed by atoms with Crippen LogP contribution in [0.3, 0.4) is 0 Å². The lowest BCUT2D eigenvalue weighted by Crippen LogP contribution is -2.36. The van der Waals surface area contributed by atoms with Crippen molar-refractivity contribution >= 4 is 5.97 Å². The van der Waals surface area contributed by atoms with Gasteiger partial charge >= 0.3 is 5.97 Å². The van der Waals surface area contributed by atoms with Crippen molar-refractivity contribution in [2.24, 2.45) is 11.1 Å². The smallest absolute Gasteiger partial charge is 0.341 e. The van der Waals surface area contributed by atoms with Crippen LogP contribution in [-0.4, -0.2) is 38.1 Å². The highest BCUT2D eigenvalue weighted by atomic mass is 16.5. The first-order chi connectivity index (χ1) is 8.79. The summed E-state index contributed by atoms with van der Waals surface area (Å²) in [7, 11) is 3.37. The molecule has 5 heteroatoms. The van der Waals surface area contributed by atoms with Gasteiger partial charge < -0.3 is 14.9 Å². The molecule has 19 heavy (non-hydrogen) atoms. The van der Waals surface area contributed by atoms with E-state index in [1.807, 2.05) is 7.05 Å². The highest BCUT2D eigenvalue weighted by Gasteiger charge is 2.20. The SMILES string of the molecule is COC(=O)c1cc(CN(C)CC(C)(C)CN)oc1C. The van der Waals surface area contributed by atoms with Crippen molar-refractivity contribution in [1.29, 1.82) is 0 Å². The summed E-state index contributed by atoms with van der Waals surface area (Å²) in [5.41, 5.74) is 6.27. The number of furan rings is 1. The molecule has 1 aromatic heterocycles. The highest BCUT2D eigenvalue weighted by Crippen LogP contribution is 2.19. The van der Waals surface area contributed by atoms with Crippen LogP contribution in [-0.2, 0) is 11.3 Å². The molecule has 0 saturated heterocycles. The molecule has 5 nitrogen and oxygen atoms in total. The summed E-state index contributed by atoms with van der Waals surface area (Å²) in [5, 5.41) is 0. The number of hydrogen-bond donors (Lipinski definition) is 1. The third-order valence-electron chi connectivity index (χ3n) is 3.05. The maximum atomic E-state index is 11.5. The molecule has 0 bridgehead atoms. The maximum Gasteiger partial charge on any atom is 0.341 e. The number of nitrogens with two attached hydrogens (primary N) is 1. The summed E-state index contributed by atoms with van der Waals surface area (Å²) in [6.45, 7) is 8.13. The van der Waals surface area contributed by atoms with Crippen LogP contribution in [0.25, 0.3) is 0 Å². The molecule has 0 fully saturated rings. The number of carbonyl (C=O) groups excluding carboxylic acids is 1. The Kier molecular flexibility index (Phi) is 5.14. The van der Waals surface area contributed by atoms with E-state index in [9.17, 15) is 4.79 Å². The van der Waals surface area contributed by atoms with Crippen molar-refractivity contribution in [3.63, 3.8) is 0 Å². The van der Waals surface area contributed by atoms with Crippen LogP contribution in [0.1, 0.15) is 35.7 Å². The van der Waals surface area contributed by atoms with Gasteiger partial charge in [-0.2, -0.15) is 0 Å². The fourth-order valence-corrected chi connectivity index (χ4v) is 2.05. The first-order valence-electron chi connectivity index (χ1n) is 6.35. The number of methoxy groups -OCH3 is 1. The van der Waals surface area contributed by atoms with Crippen molar-refractivity contribution in [3.05, 3.63) is 23.2 Å². The van der Waals surface area contributed by atoms with Crippen molar-refractivity contribution in [1.82, 2.24) is 4.90 Å². The van der Waals surface area contributed by atoms with Crippen LogP contribution in [0.4, 0.5) is 0 Å². The molecule has 0 amide bonds.